The molecule has 0 aromatic heterocycles. The fourth-order valence-corrected chi connectivity index (χ4v) is 2.15. The zero-order valence-electron chi connectivity index (χ0n) is 10.3. The fraction of sp³-hybridized carbons (Fsp3) is 0.538. The molecule has 0 spiro atoms. The predicted octanol–water partition coefficient (Wildman–Crippen LogP) is 3.10. The van der Waals surface area contributed by atoms with Crippen LogP contribution < -0.4 is 5.32 Å². The minimum atomic E-state index is 0.419. The molecule has 1 aromatic carbocycles. The second-order valence-corrected chi connectivity index (χ2v) is 4.79. The fourth-order valence-electron chi connectivity index (χ4n) is 1.38. The van der Waals surface area contributed by atoms with Gasteiger partial charge < -0.3 is 10.1 Å². The van der Waals surface area contributed by atoms with Crippen LogP contribution in [0.1, 0.15) is 25.5 Å². The van der Waals surface area contributed by atoms with E-state index in [-0.39, 0.29) is 0 Å². The average Bonchev–Trinajstić information content (AvgIpc) is 2.34. The van der Waals surface area contributed by atoms with Gasteiger partial charge >= 0.3 is 0 Å². The van der Waals surface area contributed by atoms with E-state index in [1.807, 2.05) is 25.7 Å². The lowest BCUT2D eigenvalue weighted by molar-refractivity contribution is 0.164. The van der Waals surface area contributed by atoms with Crippen molar-refractivity contribution in [3.63, 3.8) is 0 Å². The van der Waals surface area contributed by atoms with Crippen molar-refractivity contribution in [3.8, 4) is 0 Å². The van der Waals surface area contributed by atoms with Gasteiger partial charge in [0.05, 0.1) is 6.61 Å². The number of hydrogen-bond acceptors (Lipinski definition) is 3. The Morgan fingerprint density at radius 1 is 1.31 bits per heavy atom. The van der Waals surface area contributed by atoms with Crippen molar-refractivity contribution in [2.75, 3.05) is 26.0 Å². The SMILES string of the molecule is CCOCCSc1ccc(C(C)NC)cc1. The zero-order chi connectivity index (χ0) is 11.8. The van der Waals surface area contributed by atoms with E-state index >= 15 is 0 Å². The smallest absolute Gasteiger partial charge is 0.0560 e. The maximum absolute atomic E-state index is 5.30. The lowest BCUT2D eigenvalue weighted by Crippen LogP contribution is -2.11. The van der Waals surface area contributed by atoms with E-state index in [4.69, 9.17) is 4.74 Å². The van der Waals surface area contributed by atoms with Crippen LogP contribution >= 0.6 is 11.8 Å². The summed E-state index contributed by atoms with van der Waals surface area (Å²) >= 11 is 1.84. The molecule has 1 unspecified atom stereocenters. The molecule has 1 atom stereocenters. The standard InChI is InChI=1S/C13H21NOS/c1-4-15-9-10-16-13-7-5-12(6-8-13)11(2)14-3/h5-8,11,14H,4,9-10H2,1-3H3. The normalized spacial score (nSPS) is 12.7. The molecule has 2 nitrogen and oxygen atoms in total. The van der Waals surface area contributed by atoms with Gasteiger partial charge in [0.2, 0.25) is 0 Å². The summed E-state index contributed by atoms with van der Waals surface area (Å²) in [6, 6.07) is 9.15. The van der Waals surface area contributed by atoms with Crippen LogP contribution in [-0.2, 0) is 4.74 Å². The van der Waals surface area contributed by atoms with E-state index in [0.717, 1.165) is 19.0 Å². The molecule has 0 saturated heterocycles. The maximum atomic E-state index is 5.30. The summed E-state index contributed by atoms with van der Waals surface area (Å²) in [5.74, 6) is 1.02. The van der Waals surface area contributed by atoms with Crippen LogP contribution in [0.15, 0.2) is 29.2 Å². The van der Waals surface area contributed by atoms with Gasteiger partial charge in [0.1, 0.15) is 0 Å². The Kier molecular flexibility index (Phi) is 6.53. The Labute approximate surface area is 103 Å². The first-order valence-electron chi connectivity index (χ1n) is 5.75. The summed E-state index contributed by atoms with van der Waals surface area (Å²) in [7, 11) is 1.98. The van der Waals surface area contributed by atoms with Gasteiger partial charge in [-0.1, -0.05) is 12.1 Å². The minimum absolute atomic E-state index is 0.419. The van der Waals surface area contributed by atoms with Gasteiger partial charge in [0.15, 0.2) is 0 Å². The number of nitrogens with one attached hydrogen (secondary N) is 1. The van der Waals surface area contributed by atoms with Crippen molar-refractivity contribution in [2.24, 2.45) is 0 Å². The summed E-state index contributed by atoms with van der Waals surface area (Å²) < 4.78 is 5.30. The van der Waals surface area contributed by atoms with Crippen LogP contribution in [0.5, 0.6) is 0 Å². The van der Waals surface area contributed by atoms with Gasteiger partial charge in [0, 0.05) is 23.3 Å². The zero-order valence-corrected chi connectivity index (χ0v) is 11.1. The first-order valence-corrected chi connectivity index (χ1v) is 6.74. The van der Waals surface area contributed by atoms with Crippen molar-refractivity contribution in [1.82, 2.24) is 5.32 Å². The molecule has 0 aliphatic rings. The molecule has 0 fully saturated rings. The molecule has 1 aromatic rings. The van der Waals surface area contributed by atoms with Crippen LogP contribution in [0.4, 0.5) is 0 Å². The third-order valence-corrected chi connectivity index (χ3v) is 3.49. The Hall–Kier alpha value is -0.510. The Morgan fingerprint density at radius 3 is 2.56 bits per heavy atom. The molecule has 0 heterocycles. The van der Waals surface area contributed by atoms with Crippen LogP contribution in [0, 0.1) is 0 Å². The second kappa shape index (κ2) is 7.71. The number of benzene rings is 1. The topological polar surface area (TPSA) is 21.3 Å². The molecule has 0 aliphatic carbocycles. The van der Waals surface area contributed by atoms with E-state index in [1.165, 1.54) is 10.5 Å². The maximum Gasteiger partial charge on any atom is 0.0560 e. The minimum Gasteiger partial charge on any atom is -0.381 e. The number of thioether (sulfide) groups is 1. The predicted molar refractivity (Wildman–Crippen MR) is 71.1 cm³/mol. The summed E-state index contributed by atoms with van der Waals surface area (Å²) in [5.41, 5.74) is 1.33. The molecular weight excluding hydrogens is 218 g/mol. The quantitative estimate of drug-likeness (QED) is 0.583. The molecule has 1 N–H and O–H groups in total. The molecular formula is C13H21NOS. The van der Waals surface area contributed by atoms with Gasteiger partial charge in [-0.05, 0) is 38.6 Å². The lowest BCUT2D eigenvalue weighted by Gasteiger charge is -2.10. The van der Waals surface area contributed by atoms with Crippen molar-refractivity contribution >= 4 is 11.8 Å². The van der Waals surface area contributed by atoms with E-state index in [0.29, 0.717) is 6.04 Å². The molecule has 0 saturated carbocycles. The first-order chi connectivity index (χ1) is 7.77. The third kappa shape index (κ3) is 4.56. The van der Waals surface area contributed by atoms with E-state index < -0.39 is 0 Å². The van der Waals surface area contributed by atoms with Gasteiger partial charge in [-0.2, -0.15) is 0 Å². The van der Waals surface area contributed by atoms with E-state index in [2.05, 4.69) is 36.5 Å². The second-order valence-electron chi connectivity index (χ2n) is 3.62. The highest BCUT2D eigenvalue weighted by Gasteiger charge is 2.01. The molecule has 1 rings (SSSR count). The van der Waals surface area contributed by atoms with Crippen molar-refractivity contribution in [3.05, 3.63) is 29.8 Å². The highest BCUT2D eigenvalue weighted by molar-refractivity contribution is 7.99. The Bertz CT molecular complexity index is 286. The van der Waals surface area contributed by atoms with Crippen LogP contribution in [0.25, 0.3) is 0 Å². The summed E-state index contributed by atoms with van der Waals surface area (Å²) in [6.07, 6.45) is 0. The monoisotopic (exact) mass is 239 g/mol. The third-order valence-electron chi connectivity index (χ3n) is 2.51. The summed E-state index contributed by atoms with van der Waals surface area (Å²) in [4.78, 5) is 1.31. The van der Waals surface area contributed by atoms with Gasteiger partial charge in [-0.3, -0.25) is 0 Å². The number of ether oxygens (including phenoxy) is 1. The highest BCUT2D eigenvalue weighted by atomic mass is 32.2. The average molecular weight is 239 g/mol. The molecule has 90 valence electrons. The van der Waals surface area contributed by atoms with Gasteiger partial charge in [0.25, 0.3) is 0 Å². The number of hydrogen-bond donors (Lipinski definition) is 1. The van der Waals surface area contributed by atoms with Crippen molar-refractivity contribution < 1.29 is 4.74 Å². The van der Waals surface area contributed by atoms with Crippen LogP contribution in [0.3, 0.4) is 0 Å². The molecule has 3 heteroatoms. The van der Waals surface area contributed by atoms with Crippen molar-refractivity contribution in [1.29, 1.82) is 0 Å². The molecule has 0 amide bonds. The van der Waals surface area contributed by atoms with E-state index in [9.17, 15) is 0 Å². The molecule has 0 radical (unpaired) electrons. The molecule has 16 heavy (non-hydrogen) atoms. The van der Waals surface area contributed by atoms with Crippen molar-refractivity contribution in [2.45, 2.75) is 24.8 Å². The number of rotatable bonds is 7. The molecule has 0 bridgehead atoms. The van der Waals surface area contributed by atoms with Gasteiger partial charge in [-0.15, -0.1) is 11.8 Å². The van der Waals surface area contributed by atoms with E-state index in [1.54, 1.807) is 0 Å². The Balaban J connectivity index is 2.39. The lowest BCUT2D eigenvalue weighted by atomic mass is 10.1. The summed E-state index contributed by atoms with van der Waals surface area (Å²) in [6.45, 7) is 5.82. The highest BCUT2D eigenvalue weighted by Crippen LogP contribution is 2.20. The largest absolute Gasteiger partial charge is 0.381 e. The first kappa shape index (κ1) is 13.6. The summed E-state index contributed by atoms with van der Waals surface area (Å²) in [5, 5.41) is 3.23. The Morgan fingerprint density at radius 2 is 2.00 bits per heavy atom. The molecule has 0 aliphatic heterocycles. The van der Waals surface area contributed by atoms with Gasteiger partial charge in [-0.25, -0.2) is 0 Å². The van der Waals surface area contributed by atoms with Crippen LogP contribution in [-0.4, -0.2) is 26.0 Å². The van der Waals surface area contributed by atoms with Crippen LogP contribution in [0.2, 0.25) is 0 Å².